The van der Waals surface area contributed by atoms with E-state index in [1.54, 1.807) is 13.2 Å². The number of methoxy groups -OCH3 is 1. The maximum absolute atomic E-state index is 12.1. The van der Waals surface area contributed by atoms with Gasteiger partial charge in [0, 0.05) is 38.8 Å². The van der Waals surface area contributed by atoms with Gasteiger partial charge in [0.25, 0.3) is 0 Å². The summed E-state index contributed by atoms with van der Waals surface area (Å²) in [7, 11) is 1.61. The highest BCUT2D eigenvalue weighted by atomic mass is 16.5. The quantitative estimate of drug-likeness (QED) is 0.799. The van der Waals surface area contributed by atoms with Gasteiger partial charge in [-0.05, 0) is 12.1 Å². The van der Waals surface area contributed by atoms with Crippen LogP contribution in [0.3, 0.4) is 0 Å². The van der Waals surface area contributed by atoms with E-state index in [4.69, 9.17) is 14.6 Å². The van der Waals surface area contributed by atoms with Crippen LogP contribution in [0.15, 0.2) is 24.3 Å². The first kappa shape index (κ1) is 16.6. The molecule has 1 heterocycles. The molecule has 2 rings (SSSR count). The molecular weight excluding hydrogens is 284 g/mol. The summed E-state index contributed by atoms with van der Waals surface area (Å²) in [5, 5.41) is 8.91. The van der Waals surface area contributed by atoms with Gasteiger partial charge >= 0.3 is 0 Å². The van der Waals surface area contributed by atoms with Gasteiger partial charge in [0.05, 0.1) is 26.7 Å². The highest BCUT2D eigenvalue weighted by Crippen LogP contribution is 2.19. The smallest absolute Gasteiger partial charge is 0.226 e. The van der Waals surface area contributed by atoms with E-state index in [1.165, 1.54) is 0 Å². The van der Waals surface area contributed by atoms with Crippen molar-refractivity contribution in [3.63, 3.8) is 0 Å². The van der Waals surface area contributed by atoms with Gasteiger partial charge in [0.15, 0.2) is 0 Å². The third kappa shape index (κ3) is 4.89. The Morgan fingerprint density at radius 2 is 1.95 bits per heavy atom. The number of ether oxygens (including phenoxy) is 2. The van der Waals surface area contributed by atoms with Gasteiger partial charge in [-0.15, -0.1) is 0 Å². The molecule has 122 valence electrons. The molecule has 1 saturated heterocycles. The Morgan fingerprint density at radius 1 is 1.23 bits per heavy atom. The van der Waals surface area contributed by atoms with Gasteiger partial charge in [-0.25, -0.2) is 0 Å². The Labute approximate surface area is 131 Å². The van der Waals surface area contributed by atoms with Gasteiger partial charge in [-0.1, -0.05) is 6.07 Å². The number of amides is 1. The molecule has 22 heavy (non-hydrogen) atoms. The molecule has 1 aliphatic heterocycles. The number of hydrogen-bond donors (Lipinski definition) is 1. The van der Waals surface area contributed by atoms with Crippen molar-refractivity contribution in [3.8, 4) is 11.5 Å². The monoisotopic (exact) mass is 308 g/mol. The number of hydrogen-bond acceptors (Lipinski definition) is 5. The van der Waals surface area contributed by atoms with Crippen LogP contribution in [0.25, 0.3) is 0 Å². The molecule has 0 spiro atoms. The molecular formula is C16H24N2O4. The molecule has 0 aromatic heterocycles. The largest absolute Gasteiger partial charge is 0.497 e. The summed E-state index contributed by atoms with van der Waals surface area (Å²) in [5.41, 5.74) is 0. The Balaban J connectivity index is 1.69. The number of β-amino-alcohol motifs (C(OH)–C–C–N with tert-alkyl or cyclic N) is 1. The fourth-order valence-electron chi connectivity index (χ4n) is 2.47. The second-order valence-electron chi connectivity index (χ2n) is 5.22. The topological polar surface area (TPSA) is 62.2 Å². The number of piperazine rings is 1. The van der Waals surface area contributed by atoms with E-state index in [9.17, 15) is 4.79 Å². The number of rotatable bonds is 7. The SMILES string of the molecule is COc1cccc(OCCC(=O)N2CCN(CCO)CC2)c1. The summed E-state index contributed by atoms with van der Waals surface area (Å²) in [5.74, 6) is 1.57. The van der Waals surface area contributed by atoms with E-state index in [-0.39, 0.29) is 12.5 Å². The molecule has 1 fully saturated rings. The molecule has 0 bridgehead atoms. The van der Waals surface area contributed by atoms with Crippen LogP contribution in [0.1, 0.15) is 6.42 Å². The second kappa shape index (κ2) is 8.60. The van der Waals surface area contributed by atoms with Crippen molar-refractivity contribution >= 4 is 5.91 Å². The lowest BCUT2D eigenvalue weighted by Gasteiger charge is -2.34. The maximum Gasteiger partial charge on any atom is 0.226 e. The zero-order chi connectivity index (χ0) is 15.8. The molecule has 1 aromatic carbocycles. The minimum absolute atomic E-state index is 0.117. The minimum atomic E-state index is 0.117. The van der Waals surface area contributed by atoms with Crippen LogP contribution in [0, 0.1) is 0 Å². The maximum atomic E-state index is 12.1. The highest BCUT2D eigenvalue weighted by Gasteiger charge is 2.20. The third-order valence-electron chi connectivity index (χ3n) is 3.77. The standard InChI is InChI=1S/C16H24N2O4/c1-21-14-3-2-4-15(13-14)22-12-5-16(20)18-8-6-17(7-9-18)10-11-19/h2-4,13,19H,5-12H2,1H3. The predicted molar refractivity (Wildman–Crippen MR) is 83.2 cm³/mol. The molecule has 0 atom stereocenters. The molecule has 1 aromatic rings. The summed E-state index contributed by atoms with van der Waals surface area (Å²) in [6.45, 7) is 4.30. The van der Waals surface area contributed by atoms with Gasteiger partial charge in [-0.3, -0.25) is 9.69 Å². The lowest BCUT2D eigenvalue weighted by atomic mass is 10.3. The van der Waals surface area contributed by atoms with Crippen LogP contribution < -0.4 is 9.47 Å². The zero-order valence-electron chi connectivity index (χ0n) is 13.0. The van der Waals surface area contributed by atoms with Crippen LogP contribution >= 0.6 is 0 Å². The van der Waals surface area contributed by atoms with E-state index in [2.05, 4.69) is 4.90 Å². The van der Waals surface area contributed by atoms with E-state index >= 15 is 0 Å². The summed E-state index contributed by atoms with van der Waals surface area (Å²) >= 11 is 0. The summed E-state index contributed by atoms with van der Waals surface area (Å²) in [6.07, 6.45) is 0.372. The molecule has 6 nitrogen and oxygen atoms in total. The van der Waals surface area contributed by atoms with Gasteiger partial charge in [-0.2, -0.15) is 0 Å². The Morgan fingerprint density at radius 3 is 2.64 bits per heavy atom. The first-order valence-electron chi connectivity index (χ1n) is 7.61. The number of benzene rings is 1. The number of nitrogens with zero attached hydrogens (tertiary/aromatic N) is 2. The van der Waals surface area contributed by atoms with E-state index in [1.807, 2.05) is 23.1 Å². The number of aliphatic hydroxyl groups excluding tert-OH is 1. The van der Waals surface area contributed by atoms with Gasteiger partial charge < -0.3 is 19.5 Å². The highest BCUT2D eigenvalue weighted by molar-refractivity contribution is 5.76. The Kier molecular flexibility index (Phi) is 6.48. The fraction of sp³-hybridized carbons (Fsp3) is 0.562. The lowest BCUT2D eigenvalue weighted by molar-refractivity contribution is -0.133. The zero-order valence-corrected chi connectivity index (χ0v) is 13.0. The van der Waals surface area contributed by atoms with Crippen LogP contribution in [0.4, 0.5) is 0 Å². The van der Waals surface area contributed by atoms with Crippen molar-refractivity contribution in [1.82, 2.24) is 9.80 Å². The van der Waals surface area contributed by atoms with Crippen molar-refractivity contribution in [2.45, 2.75) is 6.42 Å². The molecule has 1 aliphatic rings. The number of carbonyl (C=O) groups is 1. The van der Waals surface area contributed by atoms with Gasteiger partial charge in [0.1, 0.15) is 11.5 Å². The lowest BCUT2D eigenvalue weighted by Crippen LogP contribution is -2.49. The van der Waals surface area contributed by atoms with Gasteiger partial charge in [0.2, 0.25) is 5.91 Å². The normalized spacial score (nSPS) is 15.6. The molecule has 1 N–H and O–H groups in total. The van der Waals surface area contributed by atoms with Crippen molar-refractivity contribution in [1.29, 1.82) is 0 Å². The molecule has 1 amide bonds. The van der Waals surface area contributed by atoms with Crippen LogP contribution in [0.5, 0.6) is 11.5 Å². The number of aliphatic hydroxyl groups is 1. The van der Waals surface area contributed by atoms with Crippen molar-refractivity contribution in [3.05, 3.63) is 24.3 Å². The fourth-order valence-corrected chi connectivity index (χ4v) is 2.47. The minimum Gasteiger partial charge on any atom is -0.497 e. The molecule has 0 aliphatic carbocycles. The van der Waals surface area contributed by atoms with E-state index < -0.39 is 0 Å². The molecule has 6 heteroatoms. The van der Waals surface area contributed by atoms with Crippen LogP contribution in [-0.2, 0) is 4.79 Å². The van der Waals surface area contributed by atoms with Crippen molar-refractivity contribution in [2.75, 3.05) is 53.0 Å². The average molecular weight is 308 g/mol. The Hall–Kier alpha value is -1.79. The summed E-state index contributed by atoms with van der Waals surface area (Å²) in [6, 6.07) is 7.36. The first-order chi connectivity index (χ1) is 10.7. The van der Waals surface area contributed by atoms with Crippen molar-refractivity contribution < 1.29 is 19.4 Å². The molecule has 0 unspecified atom stereocenters. The van der Waals surface area contributed by atoms with E-state index in [0.717, 1.165) is 31.9 Å². The average Bonchev–Trinajstić information content (AvgIpc) is 2.56. The predicted octanol–water partition coefficient (Wildman–Crippen LogP) is 0.601. The first-order valence-corrected chi connectivity index (χ1v) is 7.61. The third-order valence-corrected chi connectivity index (χ3v) is 3.77. The van der Waals surface area contributed by atoms with E-state index in [0.29, 0.717) is 25.3 Å². The summed E-state index contributed by atoms with van der Waals surface area (Å²) < 4.78 is 10.7. The van der Waals surface area contributed by atoms with Crippen LogP contribution in [-0.4, -0.2) is 73.9 Å². The number of carbonyl (C=O) groups excluding carboxylic acids is 1. The second-order valence-corrected chi connectivity index (χ2v) is 5.22. The molecule has 0 saturated carbocycles. The van der Waals surface area contributed by atoms with Crippen molar-refractivity contribution in [2.24, 2.45) is 0 Å². The Bertz CT molecular complexity index is 473. The van der Waals surface area contributed by atoms with Crippen LogP contribution in [0.2, 0.25) is 0 Å². The summed E-state index contributed by atoms with van der Waals surface area (Å²) in [4.78, 5) is 16.2. The molecule has 0 radical (unpaired) electrons.